The first kappa shape index (κ1) is 46.3. The molecule has 14 aromatic rings. The third-order valence-electron chi connectivity index (χ3n) is 15.3. The molecule has 1 heterocycles. The van der Waals surface area contributed by atoms with Crippen LogP contribution >= 0.6 is 0 Å². The lowest BCUT2D eigenvalue weighted by Gasteiger charge is -2.28. The molecule has 1 aromatic heterocycles. The van der Waals surface area contributed by atoms with Gasteiger partial charge in [0.25, 0.3) is 0 Å². The highest BCUT2D eigenvalue weighted by atomic mass is 15.1. The molecule has 78 heavy (non-hydrogen) atoms. The Morgan fingerprint density at radius 3 is 1.14 bits per heavy atom. The SMILES string of the molecule is c1ccc(-c2cc(-c3ccccc3)cc(N(c3ccc(-c4cc(-c5cccc6ccccc56)cc(-c5cccc6c5c5ccccc5n6-c5ccccc5)c4)cc3)c3cc(-c4ccccc4)cc(-c4ccccc4)c3)c2)cc1. The van der Waals surface area contributed by atoms with Crippen molar-refractivity contribution in [1.29, 1.82) is 0 Å². The average molecular weight is 993 g/mol. The Bertz CT molecular complexity index is 4200. The Hall–Kier alpha value is -10.3. The molecule has 0 unspecified atom stereocenters. The molecule has 0 aliphatic carbocycles. The molecule has 0 aliphatic rings. The number of para-hydroxylation sites is 2. The van der Waals surface area contributed by atoms with Crippen LogP contribution in [0.4, 0.5) is 17.1 Å². The lowest BCUT2D eigenvalue weighted by molar-refractivity contribution is 1.18. The van der Waals surface area contributed by atoms with Crippen molar-refractivity contribution in [1.82, 2.24) is 4.57 Å². The molecule has 0 bridgehead atoms. The first-order valence-electron chi connectivity index (χ1n) is 26.8. The molecular formula is C76H52N2. The summed E-state index contributed by atoms with van der Waals surface area (Å²) < 4.78 is 2.41. The number of aromatic nitrogens is 1. The van der Waals surface area contributed by atoms with Crippen molar-refractivity contribution in [3.05, 3.63) is 315 Å². The Labute approximate surface area is 455 Å². The minimum atomic E-state index is 1.05. The van der Waals surface area contributed by atoms with Gasteiger partial charge in [-0.15, -0.1) is 0 Å². The number of nitrogens with zero attached hydrogens (tertiary/aromatic N) is 2. The van der Waals surface area contributed by atoms with E-state index >= 15 is 0 Å². The third-order valence-corrected chi connectivity index (χ3v) is 15.3. The van der Waals surface area contributed by atoms with Gasteiger partial charge in [0.15, 0.2) is 0 Å². The van der Waals surface area contributed by atoms with Crippen LogP contribution in [0.2, 0.25) is 0 Å². The predicted octanol–water partition coefficient (Wildman–Crippen LogP) is 21.1. The van der Waals surface area contributed by atoms with Crippen LogP contribution in [0.5, 0.6) is 0 Å². The number of anilines is 3. The van der Waals surface area contributed by atoms with Gasteiger partial charge in [0.1, 0.15) is 0 Å². The predicted molar refractivity (Wildman–Crippen MR) is 331 cm³/mol. The van der Waals surface area contributed by atoms with E-state index in [0.717, 1.165) is 78.4 Å². The van der Waals surface area contributed by atoms with Crippen molar-refractivity contribution in [2.45, 2.75) is 0 Å². The zero-order chi connectivity index (χ0) is 51.8. The number of hydrogen-bond acceptors (Lipinski definition) is 1. The Morgan fingerprint density at radius 1 is 0.218 bits per heavy atom. The van der Waals surface area contributed by atoms with Crippen molar-refractivity contribution in [2.75, 3.05) is 4.90 Å². The molecule has 0 spiro atoms. The number of fused-ring (bicyclic) bond motifs is 4. The van der Waals surface area contributed by atoms with E-state index in [9.17, 15) is 0 Å². The van der Waals surface area contributed by atoms with Crippen LogP contribution in [0, 0.1) is 0 Å². The Morgan fingerprint density at radius 2 is 0.590 bits per heavy atom. The summed E-state index contributed by atoms with van der Waals surface area (Å²) in [5, 5.41) is 4.92. The van der Waals surface area contributed by atoms with E-state index < -0.39 is 0 Å². The van der Waals surface area contributed by atoms with Gasteiger partial charge in [0.05, 0.1) is 11.0 Å². The van der Waals surface area contributed by atoms with Gasteiger partial charge in [-0.05, 0) is 180 Å². The number of hydrogen-bond donors (Lipinski definition) is 0. The smallest absolute Gasteiger partial charge is 0.0547 e. The zero-order valence-electron chi connectivity index (χ0n) is 42.9. The van der Waals surface area contributed by atoms with Crippen LogP contribution in [0.1, 0.15) is 0 Å². The third kappa shape index (κ3) is 8.72. The van der Waals surface area contributed by atoms with Crippen molar-refractivity contribution < 1.29 is 0 Å². The zero-order valence-corrected chi connectivity index (χ0v) is 42.9. The first-order chi connectivity index (χ1) is 38.7. The highest BCUT2D eigenvalue weighted by molar-refractivity contribution is 6.16. The second-order valence-corrected chi connectivity index (χ2v) is 20.1. The molecule has 2 heteroatoms. The lowest BCUT2D eigenvalue weighted by atomic mass is 9.90. The highest BCUT2D eigenvalue weighted by Crippen LogP contribution is 2.45. The number of rotatable bonds is 11. The summed E-state index contributed by atoms with van der Waals surface area (Å²) in [5.41, 5.74) is 23.0. The molecule has 0 atom stereocenters. The van der Waals surface area contributed by atoms with Gasteiger partial charge in [-0.2, -0.15) is 0 Å². The summed E-state index contributed by atoms with van der Waals surface area (Å²) >= 11 is 0. The summed E-state index contributed by atoms with van der Waals surface area (Å²) in [4.78, 5) is 2.45. The van der Waals surface area contributed by atoms with Gasteiger partial charge in [0.2, 0.25) is 0 Å². The van der Waals surface area contributed by atoms with Crippen molar-refractivity contribution >= 4 is 49.6 Å². The fourth-order valence-corrected chi connectivity index (χ4v) is 11.6. The second-order valence-electron chi connectivity index (χ2n) is 20.1. The van der Waals surface area contributed by atoms with Crippen LogP contribution in [0.15, 0.2) is 315 Å². The topological polar surface area (TPSA) is 8.17 Å². The molecule has 0 amide bonds. The molecule has 0 saturated carbocycles. The quantitative estimate of drug-likeness (QED) is 0.125. The first-order valence-corrected chi connectivity index (χ1v) is 26.8. The molecule has 2 nitrogen and oxygen atoms in total. The number of benzene rings is 13. The fourth-order valence-electron chi connectivity index (χ4n) is 11.6. The summed E-state index contributed by atoms with van der Waals surface area (Å²) in [6, 6.07) is 115. The minimum Gasteiger partial charge on any atom is -0.310 e. The normalized spacial score (nSPS) is 11.3. The maximum atomic E-state index is 2.45. The fraction of sp³-hybridized carbons (Fsp3) is 0. The van der Waals surface area contributed by atoms with Crippen LogP contribution in [0.25, 0.3) is 116 Å². The van der Waals surface area contributed by atoms with E-state index in [1.165, 1.54) is 54.8 Å². The van der Waals surface area contributed by atoms with Crippen LogP contribution in [-0.4, -0.2) is 4.57 Å². The van der Waals surface area contributed by atoms with Gasteiger partial charge in [-0.25, -0.2) is 0 Å². The molecule has 0 saturated heterocycles. The molecule has 0 N–H and O–H groups in total. The molecule has 0 radical (unpaired) electrons. The van der Waals surface area contributed by atoms with E-state index in [4.69, 9.17) is 0 Å². The van der Waals surface area contributed by atoms with E-state index in [-0.39, 0.29) is 0 Å². The molecule has 14 rings (SSSR count). The van der Waals surface area contributed by atoms with Gasteiger partial charge >= 0.3 is 0 Å². The van der Waals surface area contributed by atoms with Crippen LogP contribution in [-0.2, 0) is 0 Å². The maximum Gasteiger partial charge on any atom is 0.0547 e. The van der Waals surface area contributed by atoms with E-state index in [2.05, 4.69) is 325 Å². The standard InChI is InChI=1S/C76H52N2/c1-6-22-53(23-7-1)60-44-61(54-24-8-2-9-25-54)50-68(49-60)77(69-51-62(55-26-10-3-11-27-55)45-63(52-69)56-28-12-4-13-29-56)67-42-40-57(41-43-67)59-46-64(71-36-20-31-58-30-16-17-34-70(58)71)48-65(47-59)72-37-21-39-75-76(72)73-35-18-19-38-74(73)78(75)66-32-14-5-15-33-66/h1-52H. The lowest BCUT2D eigenvalue weighted by Crippen LogP contribution is -2.11. The van der Waals surface area contributed by atoms with Gasteiger partial charge < -0.3 is 9.47 Å². The Balaban J connectivity index is 0.981. The van der Waals surface area contributed by atoms with E-state index in [0.29, 0.717) is 0 Å². The van der Waals surface area contributed by atoms with Crippen molar-refractivity contribution in [3.63, 3.8) is 0 Å². The highest BCUT2D eigenvalue weighted by Gasteiger charge is 2.21. The summed E-state index contributed by atoms with van der Waals surface area (Å²) in [6.45, 7) is 0. The summed E-state index contributed by atoms with van der Waals surface area (Å²) in [6.07, 6.45) is 0. The molecule has 366 valence electrons. The minimum absolute atomic E-state index is 1.05. The summed E-state index contributed by atoms with van der Waals surface area (Å²) in [5.74, 6) is 0. The van der Waals surface area contributed by atoms with E-state index in [1.807, 2.05) is 0 Å². The summed E-state index contributed by atoms with van der Waals surface area (Å²) in [7, 11) is 0. The van der Waals surface area contributed by atoms with Crippen LogP contribution < -0.4 is 4.90 Å². The second kappa shape index (κ2) is 20.1. The van der Waals surface area contributed by atoms with Gasteiger partial charge in [-0.1, -0.05) is 224 Å². The molecule has 13 aromatic carbocycles. The van der Waals surface area contributed by atoms with E-state index in [1.54, 1.807) is 0 Å². The molecule has 0 aliphatic heterocycles. The Kier molecular flexibility index (Phi) is 11.9. The monoisotopic (exact) mass is 992 g/mol. The van der Waals surface area contributed by atoms with Gasteiger partial charge in [-0.3, -0.25) is 0 Å². The average Bonchev–Trinajstić information content (AvgIpc) is 4.08. The van der Waals surface area contributed by atoms with Crippen LogP contribution in [0.3, 0.4) is 0 Å². The molecule has 0 fully saturated rings. The van der Waals surface area contributed by atoms with Crippen molar-refractivity contribution in [2.24, 2.45) is 0 Å². The molecular weight excluding hydrogens is 941 g/mol. The largest absolute Gasteiger partial charge is 0.310 e. The maximum absolute atomic E-state index is 2.45. The van der Waals surface area contributed by atoms with Gasteiger partial charge in [0, 0.05) is 33.5 Å². The van der Waals surface area contributed by atoms with Crippen molar-refractivity contribution in [3.8, 4) is 83.6 Å².